The third-order valence-corrected chi connectivity index (χ3v) is 4.51. The quantitative estimate of drug-likeness (QED) is 0.471. The highest BCUT2D eigenvalue weighted by molar-refractivity contribution is 6.35. The maximum Gasteiger partial charge on any atom is 0.264 e. The number of para-hydroxylation sites is 1. The predicted octanol–water partition coefficient (Wildman–Crippen LogP) is 5.16. The lowest BCUT2D eigenvalue weighted by Gasteiger charge is -2.18. The molecule has 0 saturated carbocycles. The van der Waals surface area contributed by atoms with Gasteiger partial charge < -0.3 is 4.74 Å². The molecular weight excluding hydrogens is 348 g/mol. The van der Waals surface area contributed by atoms with Crippen LogP contribution in [-0.2, 0) is 4.74 Å². The van der Waals surface area contributed by atoms with Gasteiger partial charge in [-0.15, -0.1) is 0 Å². The number of hydrogen-bond acceptors (Lipinski definition) is 3. The van der Waals surface area contributed by atoms with Gasteiger partial charge in [0.15, 0.2) is 5.90 Å². The van der Waals surface area contributed by atoms with Crippen molar-refractivity contribution in [3.63, 3.8) is 0 Å². The number of ether oxygens (including phenoxy) is 1. The molecule has 1 atom stereocenters. The van der Waals surface area contributed by atoms with Crippen molar-refractivity contribution in [2.45, 2.75) is 26.8 Å². The van der Waals surface area contributed by atoms with Crippen LogP contribution in [0.3, 0.4) is 0 Å². The van der Waals surface area contributed by atoms with Crippen LogP contribution in [0.4, 0.5) is 0 Å². The van der Waals surface area contributed by atoms with Crippen molar-refractivity contribution in [2.75, 3.05) is 6.61 Å². The molecule has 1 unspecified atom stereocenters. The summed E-state index contributed by atoms with van der Waals surface area (Å²) in [4.78, 5) is 17.9. The second-order valence-corrected chi connectivity index (χ2v) is 6.41. The average molecular weight is 369 g/mol. The standard InChI is InChI=1S/C21H21ClN2O2/c1-4-26-15(3)23-14(2)19-13-16-9-8-12-18(22)20(16)21(25)24(19)17-10-6-5-7-11-17/h5-14H,4H2,1-3H3. The Labute approximate surface area is 157 Å². The van der Waals surface area contributed by atoms with E-state index in [4.69, 9.17) is 16.3 Å². The van der Waals surface area contributed by atoms with E-state index in [0.717, 1.165) is 16.8 Å². The van der Waals surface area contributed by atoms with Crippen molar-refractivity contribution in [1.29, 1.82) is 0 Å². The van der Waals surface area contributed by atoms with Gasteiger partial charge in [0.1, 0.15) is 0 Å². The molecule has 0 bridgehead atoms. The van der Waals surface area contributed by atoms with Crippen molar-refractivity contribution < 1.29 is 4.74 Å². The molecule has 4 nitrogen and oxygen atoms in total. The molecule has 0 aliphatic rings. The molecule has 2 aromatic carbocycles. The average Bonchev–Trinajstić information content (AvgIpc) is 2.62. The minimum Gasteiger partial charge on any atom is -0.481 e. The van der Waals surface area contributed by atoms with Gasteiger partial charge >= 0.3 is 0 Å². The summed E-state index contributed by atoms with van der Waals surface area (Å²) in [7, 11) is 0. The maximum atomic E-state index is 13.3. The van der Waals surface area contributed by atoms with Crippen molar-refractivity contribution in [3.8, 4) is 5.69 Å². The van der Waals surface area contributed by atoms with E-state index in [1.54, 1.807) is 10.6 Å². The van der Waals surface area contributed by atoms with Crippen molar-refractivity contribution in [2.24, 2.45) is 4.99 Å². The smallest absolute Gasteiger partial charge is 0.264 e. The predicted molar refractivity (Wildman–Crippen MR) is 108 cm³/mol. The van der Waals surface area contributed by atoms with Crippen LogP contribution in [0.5, 0.6) is 0 Å². The minimum absolute atomic E-state index is 0.148. The summed E-state index contributed by atoms with van der Waals surface area (Å²) >= 11 is 6.32. The van der Waals surface area contributed by atoms with Crippen LogP contribution in [0.1, 0.15) is 32.5 Å². The molecule has 5 heteroatoms. The van der Waals surface area contributed by atoms with Gasteiger partial charge in [0.25, 0.3) is 5.56 Å². The molecule has 0 saturated heterocycles. The number of halogens is 1. The summed E-state index contributed by atoms with van der Waals surface area (Å²) in [5.74, 6) is 0.596. The van der Waals surface area contributed by atoms with E-state index in [9.17, 15) is 4.79 Å². The molecule has 0 radical (unpaired) electrons. The van der Waals surface area contributed by atoms with Crippen LogP contribution in [-0.4, -0.2) is 17.1 Å². The first-order valence-electron chi connectivity index (χ1n) is 8.59. The fourth-order valence-corrected chi connectivity index (χ4v) is 3.34. The van der Waals surface area contributed by atoms with Crippen LogP contribution in [0.15, 0.2) is 64.4 Å². The lowest BCUT2D eigenvalue weighted by atomic mass is 10.1. The molecule has 0 aliphatic carbocycles. The Balaban J connectivity index is 2.31. The van der Waals surface area contributed by atoms with Gasteiger partial charge in [0.2, 0.25) is 0 Å². The number of aliphatic imine (C=N–C) groups is 1. The summed E-state index contributed by atoms with van der Waals surface area (Å²) in [5, 5.41) is 1.77. The second-order valence-electron chi connectivity index (χ2n) is 6.01. The molecule has 1 heterocycles. The Kier molecular flexibility index (Phi) is 5.43. The van der Waals surface area contributed by atoms with Crippen LogP contribution in [0.25, 0.3) is 16.5 Å². The number of fused-ring (bicyclic) bond motifs is 1. The van der Waals surface area contributed by atoms with Gasteiger partial charge in [-0.05, 0) is 43.5 Å². The lowest BCUT2D eigenvalue weighted by Crippen LogP contribution is -2.23. The minimum atomic E-state index is -0.252. The Morgan fingerprint density at radius 3 is 2.62 bits per heavy atom. The molecule has 0 amide bonds. The highest BCUT2D eigenvalue weighted by Gasteiger charge is 2.17. The Bertz CT molecular complexity index is 1010. The number of benzene rings is 2. The van der Waals surface area contributed by atoms with E-state index >= 15 is 0 Å². The molecule has 26 heavy (non-hydrogen) atoms. The van der Waals surface area contributed by atoms with E-state index < -0.39 is 0 Å². The number of hydrogen-bond donors (Lipinski definition) is 0. The normalized spacial score (nSPS) is 13.0. The zero-order valence-electron chi connectivity index (χ0n) is 15.1. The van der Waals surface area contributed by atoms with Gasteiger partial charge in [-0.2, -0.15) is 0 Å². The van der Waals surface area contributed by atoms with Gasteiger partial charge in [-0.3, -0.25) is 9.36 Å². The van der Waals surface area contributed by atoms with E-state index in [1.807, 2.05) is 69.3 Å². The monoisotopic (exact) mass is 368 g/mol. The fraction of sp³-hybridized carbons (Fsp3) is 0.238. The van der Waals surface area contributed by atoms with Gasteiger partial charge in [0.05, 0.1) is 28.8 Å². The summed E-state index contributed by atoms with van der Waals surface area (Å²) in [6, 6.07) is 16.7. The summed E-state index contributed by atoms with van der Waals surface area (Å²) < 4.78 is 7.14. The van der Waals surface area contributed by atoms with Crippen LogP contribution in [0.2, 0.25) is 5.02 Å². The number of pyridine rings is 1. The Morgan fingerprint density at radius 2 is 1.92 bits per heavy atom. The molecule has 1 aromatic heterocycles. The fourth-order valence-electron chi connectivity index (χ4n) is 3.08. The first kappa shape index (κ1) is 18.2. The van der Waals surface area contributed by atoms with E-state index in [2.05, 4.69) is 4.99 Å². The largest absolute Gasteiger partial charge is 0.481 e. The number of aromatic nitrogens is 1. The van der Waals surface area contributed by atoms with Crippen LogP contribution in [0, 0.1) is 0 Å². The van der Waals surface area contributed by atoms with E-state index in [-0.39, 0.29) is 11.6 Å². The van der Waals surface area contributed by atoms with Crippen molar-refractivity contribution in [1.82, 2.24) is 4.57 Å². The zero-order valence-corrected chi connectivity index (χ0v) is 15.8. The van der Waals surface area contributed by atoms with Gasteiger partial charge in [-0.1, -0.05) is 41.9 Å². The molecule has 3 aromatic rings. The first-order valence-corrected chi connectivity index (χ1v) is 8.97. The van der Waals surface area contributed by atoms with E-state index in [1.165, 1.54) is 0 Å². The van der Waals surface area contributed by atoms with Gasteiger partial charge in [0, 0.05) is 12.6 Å². The van der Waals surface area contributed by atoms with E-state index in [0.29, 0.717) is 22.9 Å². The number of rotatable bonds is 4. The van der Waals surface area contributed by atoms with Crippen molar-refractivity contribution >= 4 is 28.3 Å². The molecule has 0 spiro atoms. The van der Waals surface area contributed by atoms with Crippen LogP contribution >= 0.6 is 11.6 Å². The summed E-state index contributed by atoms with van der Waals surface area (Å²) in [6.07, 6.45) is 0. The number of nitrogens with zero attached hydrogens (tertiary/aromatic N) is 2. The molecule has 0 N–H and O–H groups in total. The summed E-state index contributed by atoms with van der Waals surface area (Å²) in [5.41, 5.74) is 1.42. The highest BCUT2D eigenvalue weighted by atomic mass is 35.5. The zero-order chi connectivity index (χ0) is 18.7. The summed E-state index contributed by atoms with van der Waals surface area (Å²) in [6.45, 7) is 6.25. The van der Waals surface area contributed by atoms with Crippen LogP contribution < -0.4 is 5.56 Å². The lowest BCUT2D eigenvalue weighted by molar-refractivity contribution is 0.321. The maximum absolute atomic E-state index is 13.3. The van der Waals surface area contributed by atoms with Gasteiger partial charge in [-0.25, -0.2) is 4.99 Å². The topological polar surface area (TPSA) is 43.6 Å². The molecular formula is C21H21ClN2O2. The SMILES string of the molecule is CCOC(C)=NC(C)c1cc2cccc(Cl)c2c(=O)n1-c1ccccc1. The first-order chi connectivity index (χ1) is 12.5. The highest BCUT2D eigenvalue weighted by Crippen LogP contribution is 2.26. The molecule has 0 aliphatic heterocycles. The molecule has 0 fully saturated rings. The third-order valence-electron chi connectivity index (χ3n) is 4.20. The molecule has 134 valence electrons. The molecule has 3 rings (SSSR count). The van der Waals surface area contributed by atoms with Crippen molar-refractivity contribution in [3.05, 3.63) is 75.7 Å². The third kappa shape index (κ3) is 3.51. The second kappa shape index (κ2) is 7.75. The Morgan fingerprint density at radius 1 is 1.19 bits per heavy atom. The Hall–Kier alpha value is -2.59.